The molecule has 0 fully saturated rings. The molecule has 0 aliphatic rings. The third kappa shape index (κ3) is 5.08. The molecule has 0 bridgehead atoms. The summed E-state index contributed by atoms with van der Waals surface area (Å²) in [7, 11) is -2.74. The van der Waals surface area contributed by atoms with Crippen LogP contribution in [0.5, 0.6) is 5.75 Å². The van der Waals surface area contributed by atoms with Crippen LogP contribution in [0.1, 0.15) is 5.56 Å². The van der Waals surface area contributed by atoms with Gasteiger partial charge in [-0.25, -0.2) is 12.8 Å². The summed E-state index contributed by atoms with van der Waals surface area (Å²) in [5, 5.41) is 2.81. The average molecular weight is 449 g/mol. The number of amides is 1. The van der Waals surface area contributed by atoms with Crippen molar-refractivity contribution in [3.05, 3.63) is 83.1 Å². The summed E-state index contributed by atoms with van der Waals surface area (Å²) in [5.74, 6) is -0.899. The summed E-state index contributed by atoms with van der Waals surface area (Å²) in [4.78, 5) is 12.1. The molecule has 3 aromatic rings. The molecule has 0 radical (unpaired) electrons. The molecule has 0 atom stereocenters. The molecule has 0 saturated carbocycles. The molecule has 0 aliphatic carbocycles. The average Bonchev–Trinajstić information content (AvgIpc) is 2.71. The number of anilines is 2. The molecule has 0 aromatic heterocycles. The van der Waals surface area contributed by atoms with Gasteiger partial charge in [0.05, 0.1) is 24.2 Å². The molecule has 9 heteroatoms. The summed E-state index contributed by atoms with van der Waals surface area (Å²) < 4.78 is 47.1. The van der Waals surface area contributed by atoms with Crippen molar-refractivity contribution in [3.63, 3.8) is 0 Å². The Labute approximate surface area is 178 Å². The second-order valence-corrected chi connectivity index (χ2v) is 8.33. The van der Waals surface area contributed by atoms with Gasteiger partial charge in [-0.15, -0.1) is 0 Å². The van der Waals surface area contributed by atoms with E-state index < -0.39 is 21.7 Å². The maximum absolute atomic E-state index is 13.8. The Bertz CT molecular complexity index is 1190. The molecular weight excluding hydrogens is 431 g/mol. The van der Waals surface area contributed by atoms with Crippen LogP contribution in [0.3, 0.4) is 0 Å². The van der Waals surface area contributed by atoms with Crippen molar-refractivity contribution < 1.29 is 22.3 Å². The predicted octanol–water partition coefficient (Wildman–Crippen LogP) is 4.47. The number of rotatable bonds is 7. The van der Waals surface area contributed by atoms with Crippen molar-refractivity contribution >= 4 is 38.9 Å². The minimum absolute atomic E-state index is 0.0849. The standard InChI is InChI=1S/C21H18ClFN2O4S/c1-29-19-11-10-15(24-21(26)12-14-6-2-4-8-17(14)23)13-20(19)30(27,28)25-18-9-5-3-7-16(18)22/h2-11,13,25H,12H2,1H3,(H,24,26). The Balaban J connectivity index is 1.85. The lowest BCUT2D eigenvalue weighted by atomic mass is 10.1. The van der Waals surface area contributed by atoms with Crippen LogP contribution in [-0.2, 0) is 21.2 Å². The van der Waals surface area contributed by atoms with Crippen molar-refractivity contribution in [1.82, 2.24) is 0 Å². The summed E-state index contributed by atoms with van der Waals surface area (Å²) in [5.41, 5.74) is 0.656. The summed E-state index contributed by atoms with van der Waals surface area (Å²) in [6.07, 6.45) is -0.196. The lowest BCUT2D eigenvalue weighted by Crippen LogP contribution is -2.17. The van der Waals surface area contributed by atoms with E-state index in [1.54, 1.807) is 24.3 Å². The van der Waals surface area contributed by atoms with E-state index in [-0.39, 0.29) is 39.0 Å². The fourth-order valence-electron chi connectivity index (χ4n) is 2.73. The Kier molecular flexibility index (Phi) is 6.59. The number of carbonyl (C=O) groups excluding carboxylic acids is 1. The largest absolute Gasteiger partial charge is 0.495 e. The van der Waals surface area contributed by atoms with Crippen molar-refractivity contribution in [2.45, 2.75) is 11.3 Å². The molecule has 30 heavy (non-hydrogen) atoms. The molecule has 0 spiro atoms. The van der Waals surface area contributed by atoms with Gasteiger partial charge in [0.1, 0.15) is 16.5 Å². The van der Waals surface area contributed by atoms with Crippen LogP contribution in [0.4, 0.5) is 15.8 Å². The summed E-state index contributed by atoms with van der Waals surface area (Å²) in [6.45, 7) is 0. The zero-order chi connectivity index (χ0) is 21.7. The van der Waals surface area contributed by atoms with Crippen molar-refractivity contribution in [2.24, 2.45) is 0 Å². The number of hydrogen-bond acceptors (Lipinski definition) is 4. The molecule has 1 amide bonds. The minimum Gasteiger partial charge on any atom is -0.495 e. The number of nitrogens with one attached hydrogen (secondary N) is 2. The Morgan fingerprint density at radius 3 is 2.47 bits per heavy atom. The third-order valence-corrected chi connectivity index (χ3v) is 5.88. The van der Waals surface area contributed by atoms with E-state index in [9.17, 15) is 17.6 Å². The van der Waals surface area contributed by atoms with Gasteiger partial charge in [-0.1, -0.05) is 41.9 Å². The first kappa shape index (κ1) is 21.6. The molecule has 156 valence electrons. The highest BCUT2D eigenvalue weighted by molar-refractivity contribution is 7.92. The Hall–Kier alpha value is -3.10. The molecule has 3 rings (SSSR count). The van der Waals surface area contributed by atoms with Crippen LogP contribution >= 0.6 is 11.6 Å². The van der Waals surface area contributed by atoms with E-state index >= 15 is 0 Å². The van der Waals surface area contributed by atoms with E-state index in [0.717, 1.165) is 0 Å². The van der Waals surface area contributed by atoms with Gasteiger partial charge < -0.3 is 10.1 Å². The Morgan fingerprint density at radius 1 is 1.07 bits per heavy atom. The van der Waals surface area contributed by atoms with Gasteiger partial charge in [0.25, 0.3) is 10.0 Å². The quantitative estimate of drug-likeness (QED) is 0.558. The van der Waals surface area contributed by atoms with Gasteiger partial charge in [0.15, 0.2) is 0 Å². The first-order valence-electron chi connectivity index (χ1n) is 8.79. The molecule has 0 unspecified atom stereocenters. The summed E-state index contributed by atoms with van der Waals surface area (Å²) >= 11 is 6.04. The maximum atomic E-state index is 13.8. The molecule has 2 N–H and O–H groups in total. The zero-order valence-corrected chi connectivity index (χ0v) is 17.4. The number of methoxy groups -OCH3 is 1. The fraction of sp³-hybridized carbons (Fsp3) is 0.0952. The lowest BCUT2D eigenvalue weighted by Gasteiger charge is -2.14. The second-order valence-electron chi connectivity index (χ2n) is 6.27. The molecule has 0 heterocycles. The summed E-state index contributed by atoms with van der Waals surface area (Å²) in [6, 6.07) is 16.5. The van der Waals surface area contributed by atoms with Gasteiger partial charge in [0.2, 0.25) is 5.91 Å². The van der Waals surface area contributed by atoms with Gasteiger partial charge >= 0.3 is 0 Å². The number of ether oxygens (including phenoxy) is 1. The molecule has 6 nitrogen and oxygen atoms in total. The third-order valence-electron chi connectivity index (χ3n) is 4.16. The highest BCUT2D eigenvalue weighted by Gasteiger charge is 2.22. The van der Waals surface area contributed by atoms with E-state index in [0.29, 0.717) is 0 Å². The number of benzene rings is 3. The van der Waals surface area contributed by atoms with Gasteiger partial charge in [-0.3, -0.25) is 9.52 Å². The fourth-order valence-corrected chi connectivity index (χ4v) is 4.24. The Morgan fingerprint density at radius 2 is 1.77 bits per heavy atom. The van der Waals surface area contributed by atoms with Gasteiger partial charge in [-0.2, -0.15) is 0 Å². The van der Waals surface area contributed by atoms with Crippen LogP contribution in [0.25, 0.3) is 0 Å². The topological polar surface area (TPSA) is 84.5 Å². The van der Waals surface area contributed by atoms with Crippen molar-refractivity contribution in [2.75, 3.05) is 17.1 Å². The highest BCUT2D eigenvalue weighted by Crippen LogP contribution is 2.30. The maximum Gasteiger partial charge on any atom is 0.265 e. The highest BCUT2D eigenvalue weighted by atomic mass is 35.5. The molecular formula is C21H18ClFN2O4S. The smallest absolute Gasteiger partial charge is 0.265 e. The first-order chi connectivity index (χ1) is 14.3. The van der Waals surface area contributed by atoms with Crippen LogP contribution in [0, 0.1) is 5.82 Å². The lowest BCUT2D eigenvalue weighted by molar-refractivity contribution is -0.115. The number of hydrogen-bond donors (Lipinski definition) is 2. The van der Waals surface area contributed by atoms with Gasteiger partial charge in [-0.05, 0) is 42.0 Å². The number of carbonyl (C=O) groups is 1. The molecule has 0 aliphatic heterocycles. The molecule has 0 saturated heterocycles. The van der Waals surface area contributed by atoms with E-state index in [1.165, 1.54) is 49.6 Å². The van der Waals surface area contributed by atoms with Crippen molar-refractivity contribution in [3.8, 4) is 5.75 Å². The first-order valence-corrected chi connectivity index (χ1v) is 10.6. The SMILES string of the molecule is COc1ccc(NC(=O)Cc2ccccc2F)cc1S(=O)(=O)Nc1ccccc1Cl. The zero-order valence-electron chi connectivity index (χ0n) is 15.9. The number of halogens is 2. The van der Waals surface area contributed by atoms with Crippen LogP contribution in [0.15, 0.2) is 71.6 Å². The monoisotopic (exact) mass is 448 g/mol. The van der Waals surface area contributed by atoms with E-state index in [2.05, 4.69) is 10.0 Å². The number of sulfonamides is 1. The number of para-hydroxylation sites is 1. The predicted molar refractivity (Wildman–Crippen MR) is 114 cm³/mol. The van der Waals surface area contributed by atoms with E-state index in [1.807, 2.05) is 0 Å². The van der Waals surface area contributed by atoms with Gasteiger partial charge in [0, 0.05) is 5.69 Å². The second kappa shape index (κ2) is 9.15. The normalized spacial score (nSPS) is 11.0. The minimum atomic E-state index is -4.07. The van der Waals surface area contributed by atoms with E-state index in [4.69, 9.17) is 16.3 Å². The van der Waals surface area contributed by atoms with Crippen LogP contribution < -0.4 is 14.8 Å². The van der Waals surface area contributed by atoms with Crippen LogP contribution in [0.2, 0.25) is 5.02 Å². The van der Waals surface area contributed by atoms with Crippen molar-refractivity contribution in [1.29, 1.82) is 0 Å². The van der Waals surface area contributed by atoms with Crippen LogP contribution in [-0.4, -0.2) is 21.4 Å². The molecule has 3 aromatic carbocycles.